The summed E-state index contributed by atoms with van der Waals surface area (Å²) >= 11 is 0. The summed E-state index contributed by atoms with van der Waals surface area (Å²) in [4.78, 5) is 27.6. The number of aromatic nitrogens is 1. The van der Waals surface area contributed by atoms with Crippen LogP contribution >= 0.6 is 0 Å². The normalized spacial score (nSPS) is 30.1. The number of carbonyl (C=O) groups is 2. The molecule has 7 nitrogen and oxygen atoms in total. The van der Waals surface area contributed by atoms with E-state index in [4.69, 9.17) is 10.3 Å². The van der Waals surface area contributed by atoms with Crippen LogP contribution in [0.5, 0.6) is 0 Å². The van der Waals surface area contributed by atoms with Gasteiger partial charge >= 0.3 is 0 Å². The molecule has 3 N–H and O–H groups in total. The molecule has 1 atom stereocenters. The Morgan fingerprint density at radius 2 is 1.89 bits per heavy atom. The molecule has 2 aliphatic carbocycles. The standard InChI is InChI=1S/C21H32N4O3/c1-21(2)12-25(20(27)14-5-7-15(22)8-6-14)10-9-18(21)23-19(26)16-11-17(28-24-16)13-3-4-13/h11,13-15,18H,3-10,12,22H2,1-2H3,(H,23,26)/t14-,15-,18?. The third-order valence-corrected chi connectivity index (χ3v) is 6.71. The molecule has 0 spiro atoms. The van der Waals surface area contributed by atoms with Gasteiger partial charge in [0.1, 0.15) is 5.76 Å². The van der Waals surface area contributed by atoms with E-state index in [0.29, 0.717) is 24.7 Å². The highest BCUT2D eigenvalue weighted by Gasteiger charge is 2.40. The Morgan fingerprint density at radius 3 is 2.54 bits per heavy atom. The molecule has 1 unspecified atom stereocenters. The van der Waals surface area contributed by atoms with Crippen molar-refractivity contribution in [3.05, 3.63) is 17.5 Å². The van der Waals surface area contributed by atoms with Crippen molar-refractivity contribution in [1.29, 1.82) is 0 Å². The van der Waals surface area contributed by atoms with E-state index in [1.165, 1.54) is 0 Å². The van der Waals surface area contributed by atoms with E-state index in [2.05, 4.69) is 24.3 Å². The van der Waals surface area contributed by atoms with Gasteiger partial charge in [-0.1, -0.05) is 19.0 Å². The summed E-state index contributed by atoms with van der Waals surface area (Å²) in [5.41, 5.74) is 6.14. The minimum absolute atomic E-state index is 0.00454. The summed E-state index contributed by atoms with van der Waals surface area (Å²) in [7, 11) is 0. The summed E-state index contributed by atoms with van der Waals surface area (Å²) in [6, 6.07) is 2.02. The quantitative estimate of drug-likeness (QED) is 0.825. The average molecular weight is 389 g/mol. The van der Waals surface area contributed by atoms with Gasteiger partial charge in [-0.3, -0.25) is 9.59 Å². The van der Waals surface area contributed by atoms with Crippen LogP contribution in [0.1, 0.15) is 81.0 Å². The first-order valence-electron chi connectivity index (χ1n) is 10.7. The molecule has 1 aromatic rings. The molecule has 2 heterocycles. The van der Waals surface area contributed by atoms with Gasteiger partial charge in [0.05, 0.1) is 0 Å². The molecule has 3 fully saturated rings. The summed E-state index contributed by atoms with van der Waals surface area (Å²) in [6.07, 6.45) is 6.65. The Morgan fingerprint density at radius 1 is 1.18 bits per heavy atom. The molecule has 154 valence electrons. The van der Waals surface area contributed by atoms with Crippen molar-refractivity contribution < 1.29 is 14.1 Å². The van der Waals surface area contributed by atoms with Crippen LogP contribution in [-0.4, -0.2) is 47.0 Å². The van der Waals surface area contributed by atoms with Crippen molar-refractivity contribution in [2.75, 3.05) is 13.1 Å². The molecule has 28 heavy (non-hydrogen) atoms. The second kappa shape index (κ2) is 7.50. The number of carbonyl (C=O) groups excluding carboxylic acids is 2. The van der Waals surface area contributed by atoms with Gasteiger partial charge in [0.25, 0.3) is 5.91 Å². The molecular formula is C21H32N4O3. The highest BCUT2D eigenvalue weighted by Crippen LogP contribution is 2.40. The molecule has 0 radical (unpaired) electrons. The zero-order chi connectivity index (χ0) is 19.9. The Kier molecular flexibility index (Phi) is 5.21. The predicted molar refractivity (Wildman–Crippen MR) is 105 cm³/mol. The van der Waals surface area contributed by atoms with Crippen LogP contribution in [0, 0.1) is 11.3 Å². The maximum atomic E-state index is 12.9. The fraction of sp³-hybridized carbons (Fsp3) is 0.762. The Labute approximate surface area is 166 Å². The molecule has 4 rings (SSSR count). The van der Waals surface area contributed by atoms with E-state index in [9.17, 15) is 9.59 Å². The topological polar surface area (TPSA) is 101 Å². The second-order valence-corrected chi connectivity index (χ2v) is 9.56. The monoisotopic (exact) mass is 388 g/mol. The van der Waals surface area contributed by atoms with E-state index in [1.54, 1.807) is 6.07 Å². The first-order valence-corrected chi connectivity index (χ1v) is 10.7. The van der Waals surface area contributed by atoms with Crippen molar-refractivity contribution in [3.8, 4) is 0 Å². The maximum absolute atomic E-state index is 12.9. The van der Waals surface area contributed by atoms with Gasteiger partial charge < -0.3 is 20.5 Å². The smallest absolute Gasteiger partial charge is 0.273 e. The van der Waals surface area contributed by atoms with Gasteiger partial charge in [-0.2, -0.15) is 0 Å². The van der Waals surface area contributed by atoms with E-state index < -0.39 is 0 Å². The van der Waals surface area contributed by atoms with Crippen LogP contribution in [0.2, 0.25) is 0 Å². The molecule has 1 aromatic heterocycles. The molecule has 7 heteroatoms. The molecule has 2 amide bonds. The highest BCUT2D eigenvalue weighted by molar-refractivity contribution is 5.92. The van der Waals surface area contributed by atoms with E-state index in [1.807, 2.05) is 4.90 Å². The summed E-state index contributed by atoms with van der Waals surface area (Å²) in [6.45, 7) is 5.58. The van der Waals surface area contributed by atoms with Gasteiger partial charge in [0, 0.05) is 48.5 Å². The zero-order valence-electron chi connectivity index (χ0n) is 16.9. The molecular weight excluding hydrogens is 356 g/mol. The largest absolute Gasteiger partial charge is 0.360 e. The third-order valence-electron chi connectivity index (χ3n) is 6.71. The number of hydrogen-bond acceptors (Lipinski definition) is 5. The van der Waals surface area contributed by atoms with Gasteiger partial charge in [-0.05, 0) is 44.9 Å². The molecule has 3 aliphatic rings. The van der Waals surface area contributed by atoms with Crippen LogP contribution in [0.15, 0.2) is 10.6 Å². The highest BCUT2D eigenvalue weighted by atomic mass is 16.5. The molecule has 0 bridgehead atoms. The summed E-state index contributed by atoms with van der Waals surface area (Å²) in [5, 5.41) is 7.07. The second-order valence-electron chi connectivity index (χ2n) is 9.56. The number of nitrogens with one attached hydrogen (secondary N) is 1. The minimum Gasteiger partial charge on any atom is -0.360 e. The van der Waals surface area contributed by atoms with Crippen LogP contribution < -0.4 is 11.1 Å². The number of likely N-dealkylation sites (tertiary alicyclic amines) is 1. The number of amides is 2. The predicted octanol–water partition coefficient (Wildman–Crippen LogP) is 2.43. The average Bonchev–Trinajstić information content (AvgIpc) is 3.39. The Hall–Kier alpha value is -1.89. The van der Waals surface area contributed by atoms with Crippen LogP contribution in [0.4, 0.5) is 0 Å². The van der Waals surface area contributed by atoms with Crippen LogP contribution in [-0.2, 0) is 4.79 Å². The van der Waals surface area contributed by atoms with E-state index in [0.717, 1.165) is 50.7 Å². The summed E-state index contributed by atoms with van der Waals surface area (Å²) in [5.74, 6) is 1.44. The Bertz CT molecular complexity index is 732. The van der Waals surface area contributed by atoms with Crippen molar-refractivity contribution >= 4 is 11.8 Å². The van der Waals surface area contributed by atoms with Gasteiger partial charge in [-0.15, -0.1) is 0 Å². The molecule has 0 aromatic carbocycles. The number of rotatable bonds is 4. The first-order chi connectivity index (χ1) is 13.3. The fourth-order valence-electron chi connectivity index (χ4n) is 4.63. The number of piperidine rings is 1. The number of hydrogen-bond donors (Lipinski definition) is 2. The minimum atomic E-state index is -0.197. The SMILES string of the molecule is CC1(C)CN(C(=O)[C@H]2CC[C@H](N)CC2)CCC1NC(=O)c1cc(C2CC2)on1. The maximum Gasteiger partial charge on any atom is 0.273 e. The lowest BCUT2D eigenvalue weighted by Gasteiger charge is -2.45. The lowest BCUT2D eigenvalue weighted by molar-refractivity contribution is -0.140. The lowest BCUT2D eigenvalue weighted by atomic mass is 9.78. The zero-order valence-corrected chi connectivity index (χ0v) is 16.9. The van der Waals surface area contributed by atoms with Gasteiger partial charge in [-0.25, -0.2) is 0 Å². The van der Waals surface area contributed by atoms with E-state index in [-0.39, 0.29) is 35.2 Å². The molecule has 2 saturated carbocycles. The first kappa shape index (κ1) is 19.4. The van der Waals surface area contributed by atoms with Crippen molar-refractivity contribution in [2.45, 2.75) is 76.8 Å². The summed E-state index contributed by atoms with van der Waals surface area (Å²) < 4.78 is 5.30. The van der Waals surface area contributed by atoms with Crippen molar-refractivity contribution in [3.63, 3.8) is 0 Å². The number of nitrogens with two attached hydrogens (primary N) is 1. The van der Waals surface area contributed by atoms with Crippen LogP contribution in [0.25, 0.3) is 0 Å². The fourth-order valence-corrected chi connectivity index (χ4v) is 4.63. The Balaban J connectivity index is 1.34. The van der Waals surface area contributed by atoms with E-state index >= 15 is 0 Å². The third kappa shape index (κ3) is 4.09. The van der Waals surface area contributed by atoms with Gasteiger partial charge in [0.15, 0.2) is 5.69 Å². The van der Waals surface area contributed by atoms with Crippen molar-refractivity contribution in [2.24, 2.45) is 17.1 Å². The van der Waals surface area contributed by atoms with Gasteiger partial charge in [0.2, 0.25) is 5.91 Å². The lowest BCUT2D eigenvalue weighted by Crippen LogP contribution is -2.57. The number of nitrogens with zero attached hydrogens (tertiary/aromatic N) is 2. The van der Waals surface area contributed by atoms with Crippen molar-refractivity contribution in [1.82, 2.24) is 15.4 Å². The molecule has 1 saturated heterocycles. The van der Waals surface area contributed by atoms with Crippen LogP contribution in [0.3, 0.4) is 0 Å². The molecule has 1 aliphatic heterocycles.